The first-order chi connectivity index (χ1) is 11.6. The summed E-state index contributed by atoms with van der Waals surface area (Å²) in [4.78, 5) is 23.0. The summed E-state index contributed by atoms with van der Waals surface area (Å²) in [7, 11) is 0. The number of carbonyl (C=O) groups excluding carboxylic acids is 1. The first-order valence-electron chi connectivity index (χ1n) is 8.82. The molecular formula is C19H25NO4. The van der Waals surface area contributed by atoms with Crippen molar-refractivity contribution < 1.29 is 19.4 Å². The van der Waals surface area contributed by atoms with E-state index >= 15 is 0 Å². The molecule has 24 heavy (non-hydrogen) atoms. The lowest BCUT2D eigenvalue weighted by atomic mass is 9.89. The first-order valence-corrected chi connectivity index (χ1v) is 8.82. The van der Waals surface area contributed by atoms with Crippen LogP contribution in [-0.4, -0.2) is 35.2 Å². The van der Waals surface area contributed by atoms with Crippen LogP contribution in [0, 0.1) is 0 Å². The van der Waals surface area contributed by atoms with Gasteiger partial charge >= 0.3 is 5.97 Å². The maximum absolute atomic E-state index is 12.2. The van der Waals surface area contributed by atoms with Crippen LogP contribution >= 0.6 is 0 Å². The summed E-state index contributed by atoms with van der Waals surface area (Å²) in [5.74, 6) is -0.864. The number of amides is 1. The Morgan fingerprint density at radius 1 is 1.21 bits per heavy atom. The van der Waals surface area contributed by atoms with Gasteiger partial charge in [-0.05, 0) is 49.8 Å². The summed E-state index contributed by atoms with van der Waals surface area (Å²) >= 11 is 0. The average Bonchev–Trinajstić information content (AvgIpc) is 3.01. The van der Waals surface area contributed by atoms with Crippen LogP contribution in [0.4, 0.5) is 0 Å². The number of aryl methyl sites for hydroxylation is 1. The monoisotopic (exact) mass is 331 g/mol. The molecule has 1 amide bonds. The van der Waals surface area contributed by atoms with Crippen molar-refractivity contribution in [3.8, 4) is 0 Å². The molecule has 5 heteroatoms. The number of carbonyl (C=O) groups is 2. The molecule has 1 unspecified atom stereocenters. The minimum absolute atomic E-state index is 0.0167. The molecule has 1 spiro atoms. The van der Waals surface area contributed by atoms with E-state index in [4.69, 9.17) is 9.84 Å². The molecule has 1 aliphatic carbocycles. The molecule has 1 aromatic carbocycles. The molecule has 0 radical (unpaired) electrons. The van der Waals surface area contributed by atoms with Crippen molar-refractivity contribution in [1.82, 2.24) is 5.32 Å². The van der Waals surface area contributed by atoms with Crippen molar-refractivity contribution in [3.05, 3.63) is 35.4 Å². The van der Waals surface area contributed by atoms with E-state index in [0.29, 0.717) is 12.8 Å². The zero-order valence-electron chi connectivity index (χ0n) is 13.9. The quantitative estimate of drug-likeness (QED) is 0.870. The minimum Gasteiger partial charge on any atom is -0.478 e. The van der Waals surface area contributed by atoms with Gasteiger partial charge in [0.2, 0.25) is 5.91 Å². The fraction of sp³-hybridized carbons (Fsp3) is 0.579. The van der Waals surface area contributed by atoms with Gasteiger partial charge in [-0.1, -0.05) is 25.0 Å². The second kappa shape index (κ2) is 7.34. The highest BCUT2D eigenvalue weighted by atomic mass is 16.5. The van der Waals surface area contributed by atoms with Crippen LogP contribution in [0.25, 0.3) is 0 Å². The predicted octanol–water partition coefficient (Wildman–Crippen LogP) is 2.93. The lowest BCUT2D eigenvalue weighted by Gasteiger charge is -2.38. The number of carboxylic acids is 1. The predicted molar refractivity (Wildman–Crippen MR) is 90.0 cm³/mol. The fourth-order valence-corrected chi connectivity index (χ4v) is 3.89. The van der Waals surface area contributed by atoms with E-state index in [9.17, 15) is 9.59 Å². The first kappa shape index (κ1) is 17.0. The van der Waals surface area contributed by atoms with Crippen LogP contribution < -0.4 is 5.32 Å². The Balaban J connectivity index is 1.46. The van der Waals surface area contributed by atoms with Gasteiger partial charge in [-0.3, -0.25) is 4.79 Å². The fourth-order valence-electron chi connectivity index (χ4n) is 3.89. The molecule has 1 saturated heterocycles. The number of hydrogen-bond acceptors (Lipinski definition) is 3. The van der Waals surface area contributed by atoms with Gasteiger partial charge in [0.25, 0.3) is 0 Å². The average molecular weight is 331 g/mol. The highest BCUT2D eigenvalue weighted by Gasteiger charge is 2.40. The van der Waals surface area contributed by atoms with Gasteiger partial charge in [0.05, 0.1) is 11.2 Å². The third kappa shape index (κ3) is 4.15. The molecule has 1 aromatic rings. The Morgan fingerprint density at radius 3 is 2.58 bits per heavy atom. The zero-order chi connectivity index (χ0) is 17.0. The van der Waals surface area contributed by atoms with Crippen molar-refractivity contribution in [3.63, 3.8) is 0 Å². The summed E-state index contributed by atoms with van der Waals surface area (Å²) in [6.45, 7) is 0.738. The van der Waals surface area contributed by atoms with E-state index in [2.05, 4.69) is 5.32 Å². The SMILES string of the molecule is O=C(CCc1ccc(C(=O)O)cc1)NC1CCOC2(CCCC2)C1. The number of hydrogen-bond donors (Lipinski definition) is 2. The number of benzene rings is 1. The van der Waals surface area contributed by atoms with Crippen LogP contribution in [0.1, 0.15) is 60.9 Å². The van der Waals surface area contributed by atoms with Crippen LogP contribution in [0.2, 0.25) is 0 Å². The third-order valence-electron chi connectivity index (χ3n) is 5.21. The zero-order valence-corrected chi connectivity index (χ0v) is 13.9. The molecule has 5 nitrogen and oxygen atoms in total. The lowest BCUT2D eigenvalue weighted by Crippen LogP contribution is -2.47. The van der Waals surface area contributed by atoms with Gasteiger partial charge in [0.15, 0.2) is 0 Å². The summed E-state index contributed by atoms with van der Waals surface area (Å²) in [6.07, 6.45) is 7.58. The molecule has 1 saturated carbocycles. The molecule has 1 heterocycles. The molecular weight excluding hydrogens is 306 g/mol. The molecule has 2 N–H and O–H groups in total. The maximum Gasteiger partial charge on any atom is 0.335 e. The van der Waals surface area contributed by atoms with Gasteiger partial charge in [-0.15, -0.1) is 0 Å². The van der Waals surface area contributed by atoms with Crippen LogP contribution in [-0.2, 0) is 16.0 Å². The number of carboxylic acid groups (broad SMARTS) is 1. The lowest BCUT2D eigenvalue weighted by molar-refractivity contribution is -0.125. The van der Waals surface area contributed by atoms with E-state index in [1.807, 2.05) is 0 Å². The second-order valence-corrected chi connectivity index (χ2v) is 7.00. The van der Waals surface area contributed by atoms with Gasteiger partial charge in [-0.2, -0.15) is 0 Å². The highest BCUT2D eigenvalue weighted by molar-refractivity contribution is 5.87. The summed E-state index contributed by atoms with van der Waals surface area (Å²) < 4.78 is 6.00. The maximum atomic E-state index is 12.2. The highest BCUT2D eigenvalue weighted by Crippen LogP contribution is 2.39. The Morgan fingerprint density at radius 2 is 1.92 bits per heavy atom. The molecule has 3 rings (SSSR count). The Hall–Kier alpha value is -1.88. The summed E-state index contributed by atoms with van der Waals surface area (Å²) in [5, 5.41) is 12.0. The molecule has 2 fully saturated rings. The van der Waals surface area contributed by atoms with Crippen LogP contribution in [0.3, 0.4) is 0 Å². The Bertz CT molecular complexity index is 590. The van der Waals surface area contributed by atoms with Crippen molar-refractivity contribution in [2.24, 2.45) is 0 Å². The van der Waals surface area contributed by atoms with E-state index < -0.39 is 5.97 Å². The molecule has 1 atom stereocenters. The second-order valence-electron chi connectivity index (χ2n) is 7.00. The van der Waals surface area contributed by atoms with Crippen molar-refractivity contribution in [2.45, 2.75) is 63.0 Å². The molecule has 2 aliphatic rings. The summed E-state index contributed by atoms with van der Waals surface area (Å²) in [5.41, 5.74) is 1.27. The van der Waals surface area contributed by atoms with Gasteiger partial charge in [0, 0.05) is 19.1 Å². The van der Waals surface area contributed by atoms with E-state index in [1.54, 1.807) is 24.3 Å². The van der Waals surface area contributed by atoms with Crippen molar-refractivity contribution >= 4 is 11.9 Å². The molecule has 130 valence electrons. The van der Waals surface area contributed by atoms with Crippen LogP contribution in [0.5, 0.6) is 0 Å². The van der Waals surface area contributed by atoms with Crippen molar-refractivity contribution in [2.75, 3.05) is 6.61 Å². The number of aromatic carboxylic acids is 1. The number of nitrogens with one attached hydrogen (secondary N) is 1. The Kier molecular flexibility index (Phi) is 5.19. The molecule has 0 aromatic heterocycles. The van der Waals surface area contributed by atoms with E-state index in [0.717, 1.165) is 37.9 Å². The number of ether oxygens (including phenoxy) is 1. The van der Waals surface area contributed by atoms with Gasteiger partial charge in [0.1, 0.15) is 0 Å². The van der Waals surface area contributed by atoms with Crippen LogP contribution in [0.15, 0.2) is 24.3 Å². The van der Waals surface area contributed by atoms with Crippen molar-refractivity contribution in [1.29, 1.82) is 0 Å². The van der Waals surface area contributed by atoms with Gasteiger partial charge < -0.3 is 15.2 Å². The Labute approximate surface area is 142 Å². The molecule has 1 aliphatic heterocycles. The normalized spacial score (nSPS) is 22.4. The standard InChI is InChI=1S/C19H25NO4/c21-17(8-5-14-3-6-15(7-4-14)18(22)23)20-16-9-12-24-19(13-16)10-1-2-11-19/h3-4,6-7,16H,1-2,5,8-13H2,(H,20,21)(H,22,23). The van der Waals surface area contributed by atoms with Gasteiger partial charge in [-0.25, -0.2) is 4.79 Å². The summed E-state index contributed by atoms with van der Waals surface area (Å²) in [6, 6.07) is 6.94. The largest absolute Gasteiger partial charge is 0.478 e. The molecule has 0 bridgehead atoms. The smallest absolute Gasteiger partial charge is 0.335 e. The minimum atomic E-state index is -0.931. The number of rotatable bonds is 5. The van der Waals surface area contributed by atoms with E-state index in [-0.39, 0.29) is 23.1 Å². The topological polar surface area (TPSA) is 75.6 Å². The van der Waals surface area contributed by atoms with E-state index in [1.165, 1.54) is 12.8 Å². The third-order valence-corrected chi connectivity index (χ3v) is 5.21.